The van der Waals surface area contributed by atoms with Crippen LogP contribution in [0.5, 0.6) is 11.6 Å². The van der Waals surface area contributed by atoms with E-state index in [2.05, 4.69) is 26.3 Å². The number of fused-ring (bicyclic) bond motifs is 1. The number of hydrogen-bond acceptors (Lipinski definition) is 7. The molecule has 0 saturated carbocycles. The summed E-state index contributed by atoms with van der Waals surface area (Å²) in [6, 6.07) is 15.2. The zero-order valence-corrected chi connectivity index (χ0v) is 22.1. The highest BCUT2D eigenvalue weighted by Gasteiger charge is 2.11. The fraction of sp³-hybridized carbons (Fsp3) is 0.333. The summed E-state index contributed by atoms with van der Waals surface area (Å²) in [5.41, 5.74) is 10.8. The van der Waals surface area contributed by atoms with E-state index in [4.69, 9.17) is 15.2 Å². The Morgan fingerprint density at radius 1 is 0.921 bits per heavy atom. The van der Waals surface area contributed by atoms with Crippen LogP contribution in [-0.2, 0) is 4.79 Å². The summed E-state index contributed by atoms with van der Waals surface area (Å²) < 4.78 is 11.4. The van der Waals surface area contributed by atoms with E-state index in [0.29, 0.717) is 30.3 Å². The second-order valence-corrected chi connectivity index (χ2v) is 9.27. The van der Waals surface area contributed by atoms with Crippen LogP contribution >= 0.6 is 0 Å². The molecule has 0 spiro atoms. The van der Waals surface area contributed by atoms with E-state index in [-0.39, 0.29) is 5.91 Å². The van der Waals surface area contributed by atoms with Gasteiger partial charge in [0, 0.05) is 35.3 Å². The molecule has 0 aliphatic rings. The molecule has 8 heteroatoms. The van der Waals surface area contributed by atoms with Crippen LogP contribution < -0.4 is 20.5 Å². The number of carbonyl (C=O) groups excluding carboxylic acids is 1. The van der Waals surface area contributed by atoms with Crippen molar-refractivity contribution >= 4 is 28.2 Å². The highest BCUT2D eigenvalue weighted by atomic mass is 16.5. The summed E-state index contributed by atoms with van der Waals surface area (Å²) in [6.45, 7) is 2.59. The molecule has 0 fully saturated rings. The maximum atomic E-state index is 12.1. The van der Waals surface area contributed by atoms with Crippen molar-refractivity contribution in [1.82, 2.24) is 15.0 Å². The van der Waals surface area contributed by atoms with Gasteiger partial charge in [0.1, 0.15) is 17.6 Å². The predicted octanol–water partition coefficient (Wildman–Crippen LogP) is 6.34. The van der Waals surface area contributed by atoms with Gasteiger partial charge in [0.2, 0.25) is 11.8 Å². The van der Waals surface area contributed by atoms with Crippen LogP contribution in [-0.4, -0.2) is 34.6 Å². The highest BCUT2D eigenvalue weighted by Crippen LogP contribution is 2.32. The molecule has 2 heterocycles. The Hall–Kier alpha value is -4.20. The molecule has 4 aromatic rings. The van der Waals surface area contributed by atoms with Crippen molar-refractivity contribution in [3.05, 3.63) is 66.7 Å². The van der Waals surface area contributed by atoms with Gasteiger partial charge in [-0.1, -0.05) is 37.8 Å². The molecule has 4 rings (SSSR count). The van der Waals surface area contributed by atoms with E-state index in [1.807, 2.05) is 43.3 Å². The number of aromatic nitrogens is 3. The molecule has 0 saturated heterocycles. The Kier molecular flexibility index (Phi) is 9.45. The lowest BCUT2D eigenvalue weighted by atomic mass is 10.0. The van der Waals surface area contributed by atoms with Crippen LogP contribution in [0.25, 0.3) is 22.0 Å². The van der Waals surface area contributed by atoms with Gasteiger partial charge in [-0.05, 0) is 55.7 Å². The molecular formula is C30H35N5O3. The van der Waals surface area contributed by atoms with Gasteiger partial charge < -0.3 is 20.5 Å². The summed E-state index contributed by atoms with van der Waals surface area (Å²) in [7, 11) is 1.60. The largest absolute Gasteiger partial charge is 0.491 e. The van der Waals surface area contributed by atoms with E-state index < -0.39 is 0 Å². The molecule has 0 unspecified atom stereocenters. The Labute approximate surface area is 223 Å². The molecule has 0 radical (unpaired) electrons. The molecule has 2 aromatic heterocycles. The first kappa shape index (κ1) is 26.9. The van der Waals surface area contributed by atoms with Crippen LogP contribution in [0.3, 0.4) is 0 Å². The third-order valence-electron chi connectivity index (χ3n) is 6.47. The minimum Gasteiger partial charge on any atom is -0.491 e. The second kappa shape index (κ2) is 13.4. The zero-order valence-electron chi connectivity index (χ0n) is 22.1. The molecule has 0 aliphatic heterocycles. The van der Waals surface area contributed by atoms with Crippen LogP contribution in [0.15, 0.2) is 61.1 Å². The van der Waals surface area contributed by atoms with Crippen LogP contribution in [0.1, 0.15) is 50.6 Å². The molecular weight excluding hydrogens is 478 g/mol. The SMILES string of the molecule is COc1ccc(-c2cc(OCCCCCCCCC(=O)Nc3ccccc3N)c3ncnc(C)c3c2)cn1. The van der Waals surface area contributed by atoms with E-state index in [1.54, 1.807) is 25.7 Å². The lowest BCUT2D eigenvalue weighted by Crippen LogP contribution is -2.12. The van der Waals surface area contributed by atoms with Crippen LogP contribution in [0.2, 0.25) is 0 Å². The maximum absolute atomic E-state index is 12.1. The number of para-hydroxylation sites is 2. The molecule has 8 nitrogen and oxygen atoms in total. The Morgan fingerprint density at radius 3 is 2.47 bits per heavy atom. The first-order valence-electron chi connectivity index (χ1n) is 13.1. The molecule has 0 bridgehead atoms. The number of nitrogens with two attached hydrogens (primary N) is 1. The monoisotopic (exact) mass is 513 g/mol. The number of methoxy groups -OCH3 is 1. The first-order valence-corrected chi connectivity index (χ1v) is 13.1. The smallest absolute Gasteiger partial charge is 0.224 e. The van der Waals surface area contributed by atoms with Crippen LogP contribution in [0.4, 0.5) is 11.4 Å². The fourth-order valence-corrected chi connectivity index (χ4v) is 4.31. The van der Waals surface area contributed by atoms with E-state index in [9.17, 15) is 4.79 Å². The molecule has 0 atom stereocenters. The van der Waals surface area contributed by atoms with Crippen LogP contribution in [0, 0.1) is 6.92 Å². The summed E-state index contributed by atoms with van der Waals surface area (Å²) >= 11 is 0. The number of ether oxygens (including phenoxy) is 2. The van der Waals surface area contributed by atoms with Gasteiger partial charge in [-0.15, -0.1) is 0 Å². The minimum absolute atomic E-state index is 0.00947. The zero-order chi connectivity index (χ0) is 26.7. The Balaban J connectivity index is 1.22. The van der Waals surface area contributed by atoms with Gasteiger partial charge in [0.15, 0.2) is 0 Å². The number of hydrogen-bond donors (Lipinski definition) is 2. The topological polar surface area (TPSA) is 112 Å². The highest BCUT2D eigenvalue weighted by molar-refractivity contribution is 5.93. The predicted molar refractivity (Wildman–Crippen MR) is 151 cm³/mol. The summed E-state index contributed by atoms with van der Waals surface area (Å²) in [5.74, 6) is 1.34. The van der Waals surface area contributed by atoms with Crippen molar-refractivity contribution < 1.29 is 14.3 Å². The number of benzene rings is 2. The molecule has 38 heavy (non-hydrogen) atoms. The Bertz CT molecular complexity index is 1360. The third kappa shape index (κ3) is 7.18. The summed E-state index contributed by atoms with van der Waals surface area (Å²) in [4.78, 5) is 25.3. The van der Waals surface area contributed by atoms with Crippen molar-refractivity contribution in [2.24, 2.45) is 0 Å². The van der Waals surface area contributed by atoms with Crippen molar-refractivity contribution in [3.63, 3.8) is 0 Å². The minimum atomic E-state index is 0.00947. The van der Waals surface area contributed by atoms with Gasteiger partial charge in [0.25, 0.3) is 0 Å². The second-order valence-electron chi connectivity index (χ2n) is 9.27. The number of aryl methyl sites for hydroxylation is 1. The third-order valence-corrected chi connectivity index (χ3v) is 6.47. The number of carbonyl (C=O) groups is 1. The number of amides is 1. The van der Waals surface area contributed by atoms with Crippen molar-refractivity contribution in [1.29, 1.82) is 0 Å². The number of anilines is 2. The summed E-state index contributed by atoms with van der Waals surface area (Å²) in [5, 5.41) is 3.85. The lowest BCUT2D eigenvalue weighted by Gasteiger charge is -2.13. The molecule has 0 aliphatic carbocycles. The van der Waals surface area contributed by atoms with E-state index in [1.165, 1.54) is 0 Å². The van der Waals surface area contributed by atoms with Crippen molar-refractivity contribution in [3.8, 4) is 22.8 Å². The van der Waals surface area contributed by atoms with Gasteiger partial charge in [-0.2, -0.15) is 0 Å². The number of nitrogen functional groups attached to an aromatic ring is 1. The number of nitrogens with zero attached hydrogens (tertiary/aromatic N) is 3. The lowest BCUT2D eigenvalue weighted by molar-refractivity contribution is -0.116. The fourth-order valence-electron chi connectivity index (χ4n) is 4.31. The number of pyridine rings is 1. The molecule has 198 valence electrons. The van der Waals surface area contributed by atoms with Crippen molar-refractivity contribution in [2.75, 3.05) is 24.8 Å². The van der Waals surface area contributed by atoms with Gasteiger partial charge in [0.05, 0.1) is 25.1 Å². The number of nitrogens with one attached hydrogen (secondary N) is 1. The maximum Gasteiger partial charge on any atom is 0.224 e. The number of unbranched alkanes of at least 4 members (excludes halogenated alkanes) is 5. The molecule has 3 N–H and O–H groups in total. The van der Waals surface area contributed by atoms with Crippen molar-refractivity contribution in [2.45, 2.75) is 51.9 Å². The average molecular weight is 514 g/mol. The molecule has 2 aromatic carbocycles. The standard InChI is InChI=1S/C30H35N5O3/c1-21-24-17-23(22-14-15-29(37-2)32-19-22)18-27(30(24)34-20-33-21)38-16-10-6-4-3-5-7-13-28(36)35-26-12-9-8-11-25(26)31/h8-9,11-12,14-15,17-20H,3-7,10,13,16,31H2,1-2H3,(H,35,36). The van der Waals surface area contributed by atoms with Gasteiger partial charge >= 0.3 is 0 Å². The average Bonchev–Trinajstić information content (AvgIpc) is 2.93. The first-order chi connectivity index (χ1) is 18.5. The van der Waals surface area contributed by atoms with E-state index in [0.717, 1.165) is 72.0 Å². The number of rotatable bonds is 13. The normalized spacial score (nSPS) is 10.9. The van der Waals surface area contributed by atoms with E-state index >= 15 is 0 Å². The molecule has 1 amide bonds. The van der Waals surface area contributed by atoms with Gasteiger partial charge in [-0.3, -0.25) is 4.79 Å². The quantitative estimate of drug-likeness (QED) is 0.158. The summed E-state index contributed by atoms with van der Waals surface area (Å²) in [6.07, 6.45) is 9.99. The Morgan fingerprint density at radius 2 is 1.71 bits per heavy atom. The van der Waals surface area contributed by atoms with Gasteiger partial charge in [-0.25, -0.2) is 15.0 Å².